The highest BCUT2D eigenvalue weighted by molar-refractivity contribution is 7.89. The molecule has 1 aliphatic rings. The molecule has 1 unspecified atom stereocenters. The Bertz CT molecular complexity index is 687. The molecule has 108 valence electrons. The highest BCUT2D eigenvalue weighted by Gasteiger charge is 2.39. The van der Waals surface area contributed by atoms with Crippen LogP contribution in [-0.2, 0) is 19.6 Å². The predicted octanol–water partition coefficient (Wildman–Crippen LogP) is 0.170. The van der Waals surface area contributed by atoms with Crippen molar-refractivity contribution in [1.82, 2.24) is 9.62 Å². The number of benzene rings is 1. The molecule has 1 saturated heterocycles. The Labute approximate surface area is 115 Å². The number of halogens is 1. The predicted molar refractivity (Wildman–Crippen MR) is 67.6 cm³/mol. The molecule has 1 fully saturated rings. The number of carbonyl (C=O) groups is 2. The molecule has 8 heteroatoms. The van der Waals surface area contributed by atoms with E-state index in [1.54, 1.807) is 0 Å². The van der Waals surface area contributed by atoms with E-state index in [9.17, 15) is 22.4 Å². The van der Waals surface area contributed by atoms with Crippen LogP contribution in [0.25, 0.3) is 0 Å². The molecule has 1 heterocycles. The first kappa shape index (κ1) is 14.6. The molecule has 1 aliphatic heterocycles. The van der Waals surface area contributed by atoms with Gasteiger partial charge in [0, 0.05) is 0 Å². The SMILES string of the molecule is Cc1ccc(F)cc1S(=O)(=O)N1CC(=O)NC(=O)C1C. The molecule has 0 aliphatic carbocycles. The van der Waals surface area contributed by atoms with Gasteiger partial charge >= 0.3 is 0 Å². The molecule has 1 aromatic rings. The van der Waals surface area contributed by atoms with Crippen LogP contribution >= 0.6 is 0 Å². The molecule has 2 amide bonds. The monoisotopic (exact) mass is 300 g/mol. The van der Waals surface area contributed by atoms with Gasteiger partial charge in [0.15, 0.2) is 0 Å². The smallest absolute Gasteiger partial charge is 0.244 e. The Morgan fingerprint density at radius 3 is 2.65 bits per heavy atom. The minimum Gasteiger partial charge on any atom is -0.294 e. The zero-order chi connectivity index (χ0) is 15.1. The third-order valence-corrected chi connectivity index (χ3v) is 5.17. The molecule has 0 aromatic heterocycles. The van der Waals surface area contributed by atoms with Crippen LogP contribution in [0.2, 0.25) is 0 Å². The highest BCUT2D eigenvalue weighted by atomic mass is 32.2. The molecule has 20 heavy (non-hydrogen) atoms. The maximum absolute atomic E-state index is 13.3. The zero-order valence-electron chi connectivity index (χ0n) is 10.9. The molecule has 0 spiro atoms. The Morgan fingerprint density at radius 1 is 1.35 bits per heavy atom. The third kappa shape index (κ3) is 2.44. The van der Waals surface area contributed by atoms with Gasteiger partial charge < -0.3 is 0 Å². The van der Waals surface area contributed by atoms with E-state index in [-0.39, 0.29) is 4.90 Å². The normalized spacial score (nSPS) is 20.9. The zero-order valence-corrected chi connectivity index (χ0v) is 11.7. The lowest BCUT2D eigenvalue weighted by Crippen LogP contribution is -2.58. The molecule has 0 saturated carbocycles. The second-order valence-corrected chi connectivity index (χ2v) is 6.41. The van der Waals surface area contributed by atoms with Gasteiger partial charge in [0.05, 0.1) is 11.4 Å². The number of aryl methyl sites for hydroxylation is 1. The van der Waals surface area contributed by atoms with Crippen molar-refractivity contribution in [3.05, 3.63) is 29.6 Å². The van der Waals surface area contributed by atoms with Crippen molar-refractivity contribution >= 4 is 21.8 Å². The van der Waals surface area contributed by atoms with Crippen LogP contribution in [0.15, 0.2) is 23.1 Å². The molecular formula is C12H13FN2O4S. The fourth-order valence-corrected chi connectivity index (χ4v) is 3.75. The van der Waals surface area contributed by atoms with E-state index in [2.05, 4.69) is 5.32 Å². The van der Waals surface area contributed by atoms with Gasteiger partial charge in [-0.15, -0.1) is 0 Å². The van der Waals surface area contributed by atoms with E-state index in [0.29, 0.717) is 5.56 Å². The van der Waals surface area contributed by atoms with E-state index in [1.807, 2.05) is 0 Å². The standard InChI is InChI=1S/C12H13FN2O4S/c1-7-3-4-9(13)5-10(7)20(18,19)15-6-11(16)14-12(17)8(15)2/h3-5,8H,6H2,1-2H3,(H,14,16,17). The maximum Gasteiger partial charge on any atom is 0.244 e. The van der Waals surface area contributed by atoms with E-state index in [4.69, 9.17) is 0 Å². The van der Waals surface area contributed by atoms with Gasteiger partial charge in [-0.25, -0.2) is 12.8 Å². The first-order chi connectivity index (χ1) is 9.23. The Kier molecular flexibility index (Phi) is 3.61. The summed E-state index contributed by atoms with van der Waals surface area (Å²) in [5.41, 5.74) is 0.344. The van der Waals surface area contributed by atoms with Gasteiger partial charge in [0.1, 0.15) is 11.9 Å². The van der Waals surface area contributed by atoms with E-state index in [0.717, 1.165) is 16.4 Å². The number of hydrogen-bond donors (Lipinski definition) is 1. The first-order valence-corrected chi connectivity index (χ1v) is 7.29. The number of piperazine rings is 1. The minimum absolute atomic E-state index is 0.244. The Morgan fingerprint density at radius 2 is 2.00 bits per heavy atom. The average Bonchev–Trinajstić information content (AvgIpc) is 2.36. The van der Waals surface area contributed by atoms with Crippen molar-refractivity contribution in [2.45, 2.75) is 24.8 Å². The van der Waals surface area contributed by atoms with Gasteiger partial charge in [-0.1, -0.05) is 6.07 Å². The number of nitrogens with one attached hydrogen (secondary N) is 1. The van der Waals surface area contributed by atoms with Gasteiger partial charge in [-0.3, -0.25) is 14.9 Å². The second kappa shape index (κ2) is 4.95. The summed E-state index contributed by atoms with van der Waals surface area (Å²) < 4.78 is 39.0. The summed E-state index contributed by atoms with van der Waals surface area (Å²) in [6.07, 6.45) is 0. The molecule has 1 atom stereocenters. The quantitative estimate of drug-likeness (QED) is 0.789. The van der Waals surface area contributed by atoms with E-state index < -0.39 is 40.2 Å². The third-order valence-electron chi connectivity index (χ3n) is 3.11. The summed E-state index contributed by atoms with van der Waals surface area (Å²) in [6.45, 7) is 2.42. The number of rotatable bonds is 2. The fourth-order valence-electron chi connectivity index (χ4n) is 1.96. The van der Waals surface area contributed by atoms with Gasteiger partial charge in [-0.2, -0.15) is 4.31 Å². The number of hydrogen-bond acceptors (Lipinski definition) is 4. The van der Waals surface area contributed by atoms with Crippen molar-refractivity contribution in [2.24, 2.45) is 0 Å². The van der Waals surface area contributed by atoms with Gasteiger partial charge in [0.2, 0.25) is 21.8 Å². The molecular weight excluding hydrogens is 287 g/mol. The fraction of sp³-hybridized carbons (Fsp3) is 0.333. The number of carbonyl (C=O) groups excluding carboxylic acids is 2. The summed E-state index contributed by atoms with van der Waals surface area (Å²) in [4.78, 5) is 22.6. The molecule has 2 rings (SSSR count). The summed E-state index contributed by atoms with van der Waals surface area (Å²) in [7, 11) is -4.12. The number of amides is 2. The molecule has 0 radical (unpaired) electrons. The lowest BCUT2D eigenvalue weighted by Gasteiger charge is -2.31. The lowest BCUT2D eigenvalue weighted by atomic mass is 10.2. The molecule has 1 N–H and O–H groups in total. The van der Waals surface area contributed by atoms with Gasteiger partial charge in [-0.05, 0) is 31.5 Å². The summed E-state index contributed by atoms with van der Waals surface area (Å²) >= 11 is 0. The van der Waals surface area contributed by atoms with Crippen molar-refractivity contribution in [3.63, 3.8) is 0 Å². The molecule has 0 bridgehead atoms. The average molecular weight is 300 g/mol. The first-order valence-electron chi connectivity index (χ1n) is 5.85. The Balaban J connectivity index is 2.51. The van der Waals surface area contributed by atoms with Crippen LogP contribution in [0.1, 0.15) is 12.5 Å². The van der Waals surface area contributed by atoms with E-state index in [1.165, 1.54) is 19.9 Å². The van der Waals surface area contributed by atoms with Crippen molar-refractivity contribution in [3.8, 4) is 0 Å². The topological polar surface area (TPSA) is 83.6 Å². The van der Waals surface area contributed by atoms with Crippen LogP contribution in [0.4, 0.5) is 4.39 Å². The van der Waals surface area contributed by atoms with Gasteiger partial charge in [0.25, 0.3) is 0 Å². The molecule has 1 aromatic carbocycles. The van der Waals surface area contributed by atoms with Crippen LogP contribution < -0.4 is 5.32 Å². The number of nitrogens with zero attached hydrogens (tertiary/aromatic N) is 1. The van der Waals surface area contributed by atoms with Crippen LogP contribution in [0, 0.1) is 12.7 Å². The number of sulfonamides is 1. The second-order valence-electron chi connectivity index (χ2n) is 4.55. The lowest BCUT2D eigenvalue weighted by molar-refractivity contribution is -0.136. The minimum atomic E-state index is -4.12. The van der Waals surface area contributed by atoms with Crippen LogP contribution in [-0.4, -0.2) is 37.1 Å². The highest BCUT2D eigenvalue weighted by Crippen LogP contribution is 2.23. The van der Waals surface area contributed by atoms with Crippen molar-refractivity contribution in [1.29, 1.82) is 0 Å². The summed E-state index contributed by atoms with van der Waals surface area (Å²) in [5.74, 6) is -2.10. The van der Waals surface area contributed by atoms with Crippen LogP contribution in [0.5, 0.6) is 0 Å². The summed E-state index contributed by atoms with van der Waals surface area (Å²) in [6, 6.07) is 2.33. The van der Waals surface area contributed by atoms with Crippen LogP contribution in [0.3, 0.4) is 0 Å². The molecule has 6 nitrogen and oxygen atoms in total. The number of imide groups is 1. The largest absolute Gasteiger partial charge is 0.294 e. The maximum atomic E-state index is 13.3. The summed E-state index contributed by atoms with van der Waals surface area (Å²) in [5, 5.41) is 2.05. The van der Waals surface area contributed by atoms with Crippen molar-refractivity contribution < 1.29 is 22.4 Å². The van der Waals surface area contributed by atoms with Crippen molar-refractivity contribution in [2.75, 3.05) is 6.54 Å². The van der Waals surface area contributed by atoms with E-state index >= 15 is 0 Å². The Hall–Kier alpha value is -1.80.